The van der Waals surface area contributed by atoms with Gasteiger partial charge in [-0.25, -0.2) is 0 Å². The lowest BCUT2D eigenvalue weighted by atomic mass is 9.93. The van der Waals surface area contributed by atoms with Crippen molar-refractivity contribution in [1.29, 1.82) is 0 Å². The molecule has 33 heavy (non-hydrogen) atoms. The van der Waals surface area contributed by atoms with Gasteiger partial charge in [-0.1, -0.05) is 89.9 Å². The molecule has 0 bridgehead atoms. The van der Waals surface area contributed by atoms with Crippen LogP contribution in [0.5, 0.6) is 11.5 Å². The van der Waals surface area contributed by atoms with Crippen LogP contribution in [0.15, 0.2) is 94.6 Å². The summed E-state index contributed by atoms with van der Waals surface area (Å²) in [5, 5.41) is 4.21. The summed E-state index contributed by atoms with van der Waals surface area (Å²) in [6.45, 7) is 5.24. The largest absolute Gasteiger partial charge is 0.489 e. The normalized spacial score (nSPS) is 12.1. The van der Waals surface area contributed by atoms with E-state index >= 15 is 0 Å². The third-order valence-electron chi connectivity index (χ3n) is 5.03. The first-order valence-corrected chi connectivity index (χ1v) is 11.5. The third-order valence-corrected chi connectivity index (χ3v) is 5.34. The number of hydrogen-bond donors (Lipinski definition) is 0. The van der Waals surface area contributed by atoms with E-state index in [-0.39, 0.29) is 10.4 Å². The molecule has 1 atom stereocenters. The van der Waals surface area contributed by atoms with E-state index in [1.54, 1.807) is 6.08 Å². The van der Waals surface area contributed by atoms with Gasteiger partial charge < -0.3 is 14.3 Å². The van der Waals surface area contributed by atoms with Gasteiger partial charge in [0.05, 0.1) is 0 Å². The highest BCUT2D eigenvalue weighted by molar-refractivity contribution is 6.55. The van der Waals surface area contributed by atoms with Crippen LogP contribution >= 0.6 is 23.2 Å². The predicted molar refractivity (Wildman–Crippen MR) is 136 cm³/mol. The first-order chi connectivity index (χ1) is 16.1. The summed E-state index contributed by atoms with van der Waals surface area (Å²) in [7, 11) is 0. The molecular weight excluding hydrogens is 457 g/mol. The second-order valence-corrected chi connectivity index (χ2v) is 8.28. The minimum Gasteiger partial charge on any atom is -0.489 e. The summed E-state index contributed by atoms with van der Waals surface area (Å²) in [6.07, 6.45) is 1.61. The topological polar surface area (TPSA) is 40.0 Å². The molecule has 0 radical (unpaired) electrons. The van der Waals surface area contributed by atoms with Crippen molar-refractivity contribution in [2.45, 2.75) is 19.8 Å². The molecule has 3 aromatic carbocycles. The molecule has 0 saturated heterocycles. The average molecular weight is 484 g/mol. The van der Waals surface area contributed by atoms with Gasteiger partial charge in [-0.2, -0.15) is 0 Å². The lowest BCUT2D eigenvalue weighted by Gasteiger charge is -2.14. The lowest BCUT2D eigenvalue weighted by Crippen LogP contribution is -2.13. The molecule has 0 aliphatic heterocycles. The van der Waals surface area contributed by atoms with Crippen molar-refractivity contribution in [3.63, 3.8) is 0 Å². The van der Waals surface area contributed by atoms with Crippen molar-refractivity contribution < 1.29 is 14.3 Å². The number of halogens is 2. The van der Waals surface area contributed by atoms with E-state index in [9.17, 15) is 0 Å². The van der Waals surface area contributed by atoms with Gasteiger partial charge in [-0.3, -0.25) is 0 Å². The van der Waals surface area contributed by atoms with Gasteiger partial charge in [-0.15, -0.1) is 0 Å². The fraction of sp³-hybridized carbons (Fsp3) is 0.222. The molecule has 1 unspecified atom stereocenters. The zero-order chi connectivity index (χ0) is 23.5. The van der Waals surface area contributed by atoms with Crippen LogP contribution in [-0.2, 0) is 4.84 Å². The third kappa shape index (κ3) is 7.85. The second-order valence-electron chi connectivity index (χ2n) is 7.27. The van der Waals surface area contributed by atoms with Crippen LogP contribution in [0.25, 0.3) is 0 Å². The molecule has 172 valence electrons. The van der Waals surface area contributed by atoms with Gasteiger partial charge in [0.2, 0.25) is 0 Å². The van der Waals surface area contributed by atoms with Gasteiger partial charge in [-0.05, 0) is 48.4 Å². The Labute approximate surface area is 205 Å². The summed E-state index contributed by atoms with van der Waals surface area (Å²) < 4.78 is 11.8. The molecule has 0 aromatic heterocycles. The minimum atomic E-state index is 0.200. The Morgan fingerprint density at radius 3 is 1.97 bits per heavy atom. The van der Waals surface area contributed by atoms with Gasteiger partial charge in [0.1, 0.15) is 41.5 Å². The van der Waals surface area contributed by atoms with Crippen molar-refractivity contribution in [3.05, 3.63) is 106 Å². The van der Waals surface area contributed by atoms with Crippen molar-refractivity contribution in [1.82, 2.24) is 0 Å². The molecular formula is C27H27Cl2NO3. The molecule has 0 amide bonds. The van der Waals surface area contributed by atoms with Crippen molar-refractivity contribution >= 4 is 28.9 Å². The summed E-state index contributed by atoms with van der Waals surface area (Å²) in [6, 6.07) is 26.0. The maximum Gasteiger partial charge on any atom is 0.134 e. The van der Waals surface area contributed by atoms with Crippen LogP contribution in [-0.4, -0.2) is 25.5 Å². The molecule has 0 N–H and O–H groups in total. The molecule has 0 spiro atoms. The molecule has 3 rings (SSSR count). The maximum absolute atomic E-state index is 5.98. The van der Waals surface area contributed by atoms with Gasteiger partial charge >= 0.3 is 0 Å². The van der Waals surface area contributed by atoms with E-state index in [0.29, 0.717) is 19.8 Å². The Hall–Kier alpha value is -2.95. The van der Waals surface area contributed by atoms with E-state index in [4.69, 9.17) is 37.5 Å². The van der Waals surface area contributed by atoms with E-state index in [2.05, 4.69) is 36.3 Å². The Bertz CT molecular complexity index is 1040. The van der Waals surface area contributed by atoms with Crippen molar-refractivity contribution in [2.75, 3.05) is 19.8 Å². The SMILES string of the molecule is CCON=C(COc1ccc(C(C)c2ccc(OCC=C(Cl)Cl)cc2)cc1)c1ccccc1. The van der Waals surface area contributed by atoms with E-state index in [1.165, 1.54) is 11.1 Å². The molecule has 0 aliphatic rings. The first kappa shape index (κ1) is 24.7. The molecule has 4 nitrogen and oxygen atoms in total. The fourth-order valence-corrected chi connectivity index (χ4v) is 3.31. The highest BCUT2D eigenvalue weighted by Gasteiger charge is 2.10. The number of benzene rings is 3. The van der Waals surface area contributed by atoms with Crippen LogP contribution < -0.4 is 9.47 Å². The van der Waals surface area contributed by atoms with E-state index < -0.39 is 0 Å². The van der Waals surface area contributed by atoms with E-state index in [0.717, 1.165) is 22.8 Å². The first-order valence-electron chi connectivity index (χ1n) is 10.8. The standard InChI is InChI=1S/C27H27Cl2NO3/c1-3-33-30-26(23-7-5-4-6-8-23)19-32-25-15-11-22(12-16-25)20(2)21-9-13-24(14-10-21)31-18-17-27(28)29/h4-17,20H,3,18-19H2,1-2H3. The smallest absolute Gasteiger partial charge is 0.134 e. The molecule has 0 saturated carbocycles. The zero-order valence-corrected chi connectivity index (χ0v) is 20.2. The minimum absolute atomic E-state index is 0.200. The van der Waals surface area contributed by atoms with Crippen molar-refractivity contribution in [3.8, 4) is 11.5 Å². The molecule has 3 aromatic rings. The van der Waals surface area contributed by atoms with Crippen LogP contribution in [0.4, 0.5) is 0 Å². The number of hydrogen-bond acceptors (Lipinski definition) is 4. The van der Waals surface area contributed by atoms with Crippen LogP contribution in [0.1, 0.15) is 36.5 Å². The van der Waals surface area contributed by atoms with Crippen LogP contribution in [0.3, 0.4) is 0 Å². The highest BCUT2D eigenvalue weighted by Crippen LogP contribution is 2.27. The lowest BCUT2D eigenvalue weighted by molar-refractivity contribution is 0.157. The van der Waals surface area contributed by atoms with Crippen LogP contribution in [0.2, 0.25) is 0 Å². The Balaban J connectivity index is 1.60. The Morgan fingerprint density at radius 1 is 0.848 bits per heavy atom. The Kier molecular flexibility index (Phi) is 9.67. The highest BCUT2D eigenvalue weighted by atomic mass is 35.5. The molecule has 0 heterocycles. The number of oxime groups is 1. The quantitative estimate of drug-likeness (QED) is 0.211. The summed E-state index contributed by atoms with van der Waals surface area (Å²) in [5.74, 6) is 1.77. The average Bonchev–Trinajstić information content (AvgIpc) is 2.85. The molecule has 0 fully saturated rings. The van der Waals surface area contributed by atoms with Gasteiger partial charge in [0, 0.05) is 11.5 Å². The zero-order valence-electron chi connectivity index (χ0n) is 18.7. The predicted octanol–water partition coefficient (Wildman–Crippen LogP) is 7.36. The number of rotatable bonds is 11. The summed E-state index contributed by atoms with van der Waals surface area (Å²) in [5.41, 5.74) is 4.11. The van der Waals surface area contributed by atoms with Crippen molar-refractivity contribution in [2.24, 2.45) is 5.16 Å². The van der Waals surface area contributed by atoms with E-state index in [1.807, 2.05) is 61.5 Å². The fourth-order valence-electron chi connectivity index (χ4n) is 3.19. The van der Waals surface area contributed by atoms with Gasteiger partial charge in [0.25, 0.3) is 0 Å². The van der Waals surface area contributed by atoms with Gasteiger partial charge in [0.15, 0.2) is 0 Å². The monoisotopic (exact) mass is 483 g/mol. The maximum atomic E-state index is 5.98. The van der Waals surface area contributed by atoms with Crippen LogP contribution in [0, 0.1) is 0 Å². The Morgan fingerprint density at radius 2 is 1.42 bits per heavy atom. The second kappa shape index (κ2) is 12.9. The number of ether oxygens (including phenoxy) is 2. The summed E-state index contributed by atoms with van der Waals surface area (Å²) >= 11 is 11.2. The summed E-state index contributed by atoms with van der Waals surface area (Å²) in [4.78, 5) is 5.26. The number of nitrogens with zero attached hydrogens (tertiary/aromatic N) is 1. The molecule has 6 heteroatoms. The molecule has 0 aliphatic carbocycles.